The van der Waals surface area contributed by atoms with Gasteiger partial charge in [-0.1, -0.05) is 48.6 Å². The maximum atomic E-state index is 7.59. The molecule has 0 saturated carbocycles. The molecular weight excluding hydrogens is 196 g/mol. The molecular formula is C14H12N2. The van der Waals surface area contributed by atoms with Gasteiger partial charge in [0.05, 0.1) is 0 Å². The third kappa shape index (κ3) is 1.16. The first kappa shape index (κ1) is 9.16. The summed E-state index contributed by atoms with van der Waals surface area (Å²) in [5, 5.41) is 10.1. The van der Waals surface area contributed by atoms with E-state index in [-0.39, 0.29) is 11.8 Å². The van der Waals surface area contributed by atoms with Crippen LogP contribution in [0.1, 0.15) is 0 Å². The summed E-state index contributed by atoms with van der Waals surface area (Å²) in [7, 11) is 0. The Morgan fingerprint density at radius 2 is 2.06 bits per heavy atom. The number of hydrogen-bond acceptors (Lipinski definition) is 1. The molecule has 2 heteroatoms. The van der Waals surface area contributed by atoms with Gasteiger partial charge in [0.1, 0.15) is 5.84 Å². The summed E-state index contributed by atoms with van der Waals surface area (Å²) in [6.45, 7) is 0. The van der Waals surface area contributed by atoms with Crippen molar-refractivity contribution in [2.45, 2.75) is 0 Å². The van der Waals surface area contributed by atoms with Gasteiger partial charge in [-0.3, -0.25) is 5.41 Å². The minimum atomic E-state index is 0.163. The summed E-state index contributed by atoms with van der Waals surface area (Å²) < 4.78 is 0. The largest absolute Gasteiger partial charge is 0.384 e. The highest BCUT2D eigenvalue weighted by Crippen LogP contribution is 2.28. The van der Waals surface area contributed by atoms with E-state index in [4.69, 9.17) is 11.1 Å². The summed E-state index contributed by atoms with van der Waals surface area (Å²) in [6, 6.07) is 8.30. The van der Waals surface area contributed by atoms with Crippen LogP contribution in [0.25, 0.3) is 11.6 Å². The fraction of sp³-hybridized carbons (Fsp3) is 0.0714. The lowest BCUT2D eigenvalue weighted by Gasteiger charge is -2.17. The third-order valence-corrected chi connectivity index (χ3v) is 3.15. The molecule has 16 heavy (non-hydrogen) atoms. The van der Waals surface area contributed by atoms with Crippen molar-refractivity contribution in [2.24, 2.45) is 11.7 Å². The second-order valence-electron chi connectivity index (χ2n) is 4.08. The minimum Gasteiger partial charge on any atom is -0.384 e. The molecule has 3 N–H and O–H groups in total. The topological polar surface area (TPSA) is 49.9 Å². The van der Waals surface area contributed by atoms with Gasteiger partial charge in [0.2, 0.25) is 0 Å². The maximum Gasteiger partial charge on any atom is 0.119 e. The van der Waals surface area contributed by atoms with E-state index >= 15 is 0 Å². The Labute approximate surface area is 93.6 Å². The quantitative estimate of drug-likeness (QED) is 0.517. The number of nitrogens with two attached hydrogens (primary N) is 1. The molecule has 2 aliphatic carbocycles. The van der Waals surface area contributed by atoms with Crippen molar-refractivity contribution < 1.29 is 0 Å². The fourth-order valence-corrected chi connectivity index (χ4v) is 2.41. The molecule has 0 bridgehead atoms. The molecule has 1 atom stereocenters. The Morgan fingerprint density at radius 3 is 2.88 bits per heavy atom. The molecule has 0 heterocycles. The van der Waals surface area contributed by atoms with Crippen molar-refractivity contribution in [1.29, 1.82) is 5.41 Å². The van der Waals surface area contributed by atoms with E-state index in [9.17, 15) is 0 Å². The van der Waals surface area contributed by atoms with E-state index in [0.717, 1.165) is 5.57 Å². The van der Waals surface area contributed by atoms with Crippen molar-refractivity contribution in [2.75, 3.05) is 0 Å². The van der Waals surface area contributed by atoms with Crippen LogP contribution in [-0.2, 0) is 0 Å². The zero-order chi connectivity index (χ0) is 11.1. The molecule has 0 spiro atoms. The Bertz CT molecular complexity index is 648. The second-order valence-corrected chi connectivity index (χ2v) is 4.08. The number of amidine groups is 1. The first-order chi connectivity index (χ1) is 7.77. The van der Waals surface area contributed by atoms with E-state index in [1.54, 1.807) is 0 Å². The number of rotatable bonds is 1. The minimum absolute atomic E-state index is 0.163. The lowest BCUT2D eigenvalue weighted by Crippen LogP contribution is -2.22. The van der Waals surface area contributed by atoms with E-state index in [1.165, 1.54) is 16.0 Å². The van der Waals surface area contributed by atoms with Crippen LogP contribution in [0.2, 0.25) is 0 Å². The summed E-state index contributed by atoms with van der Waals surface area (Å²) in [5.41, 5.74) is 7.76. The molecule has 1 aromatic carbocycles. The summed E-state index contributed by atoms with van der Waals surface area (Å²) in [6.07, 6.45) is 8.19. The average molecular weight is 208 g/mol. The van der Waals surface area contributed by atoms with Gasteiger partial charge in [0.25, 0.3) is 0 Å². The smallest absolute Gasteiger partial charge is 0.119 e. The van der Waals surface area contributed by atoms with Crippen LogP contribution in [-0.4, -0.2) is 5.84 Å². The van der Waals surface area contributed by atoms with Gasteiger partial charge < -0.3 is 5.73 Å². The molecule has 3 rings (SSSR count). The molecule has 1 aromatic rings. The Balaban J connectivity index is 2.30. The predicted octanol–water partition coefficient (Wildman–Crippen LogP) is 0.680. The van der Waals surface area contributed by atoms with Crippen LogP contribution >= 0.6 is 0 Å². The monoisotopic (exact) mass is 208 g/mol. The van der Waals surface area contributed by atoms with Gasteiger partial charge in [-0.25, -0.2) is 0 Å². The van der Waals surface area contributed by atoms with Crippen molar-refractivity contribution in [3.8, 4) is 0 Å². The lowest BCUT2D eigenvalue weighted by molar-refractivity contribution is 1.10. The highest BCUT2D eigenvalue weighted by Gasteiger charge is 2.23. The Morgan fingerprint density at radius 1 is 1.25 bits per heavy atom. The molecule has 1 unspecified atom stereocenters. The average Bonchev–Trinajstić information content (AvgIpc) is 2.67. The van der Waals surface area contributed by atoms with Crippen LogP contribution in [0.3, 0.4) is 0 Å². The molecule has 2 nitrogen and oxygen atoms in total. The standard InChI is InChI=1S/C14H12N2/c15-14(16)12-7-3-6-11-10-5-2-1-4-9(10)8-13(11)12/h1-8,13H,(H3,15,16). The van der Waals surface area contributed by atoms with Crippen LogP contribution < -0.4 is 16.2 Å². The highest BCUT2D eigenvalue weighted by molar-refractivity contribution is 6.01. The van der Waals surface area contributed by atoms with Gasteiger partial charge in [-0.15, -0.1) is 0 Å². The number of benzene rings is 1. The number of fused-ring (bicyclic) bond motifs is 2. The summed E-state index contributed by atoms with van der Waals surface area (Å²) in [5.74, 6) is 0.329. The summed E-state index contributed by atoms with van der Waals surface area (Å²) in [4.78, 5) is 0. The lowest BCUT2D eigenvalue weighted by atomic mass is 9.88. The molecule has 2 aliphatic rings. The number of hydrogen-bond donors (Lipinski definition) is 2. The number of allylic oxidation sites excluding steroid dienone is 3. The van der Waals surface area contributed by atoms with E-state index in [0.29, 0.717) is 0 Å². The van der Waals surface area contributed by atoms with Gasteiger partial charge in [0, 0.05) is 11.5 Å². The van der Waals surface area contributed by atoms with Crippen LogP contribution in [0, 0.1) is 11.3 Å². The second kappa shape index (κ2) is 3.20. The van der Waals surface area contributed by atoms with Gasteiger partial charge in [-0.05, 0) is 16.0 Å². The normalized spacial score (nSPS) is 20.9. The SMILES string of the molecule is N=C(N)C1=CC=CC2=c3ccccc3=CC12. The zero-order valence-electron chi connectivity index (χ0n) is 8.77. The van der Waals surface area contributed by atoms with Crippen LogP contribution in [0.4, 0.5) is 0 Å². The third-order valence-electron chi connectivity index (χ3n) is 3.15. The van der Waals surface area contributed by atoms with Crippen LogP contribution in [0.15, 0.2) is 48.1 Å². The molecule has 0 aliphatic heterocycles. The Hall–Kier alpha value is -2.09. The van der Waals surface area contributed by atoms with Crippen molar-refractivity contribution in [3.05, 3.63) is 58.5 Å². The predicted molar refractivity (Wildman–Crippen MR) is 66.2 cm³/mol. The molecule has 0 aromatic heterocycles. The number of nitrogens with one attached hydrogen (secondary N) is 1. The van der Waals surface area contributed by atoms with Crippen molar-refractivity contribution in [1.82, 2.24) is 0 Å². The molecule has 78 valence electrons. The Kier molecular flexibility index (Phi) is 1.83. The van der Waals surface area contributed by atoms with Crippen molar-refractivity contribution in [3.63, 3.8) is 0 Å². The molecule has 0 amide bonds. The van der Waals surface area contributed by atoms with Gasteiger partial charge in [-0.2, -0.15) is 0 Å². The van der Waals surface area contributed by atoms with E-state index < -0.39 is 0 Å². The zero-order valence-corrected chi connectivity index (χ0v) is 8.77. The highest BCUT2D eigenvalue weighted by atomic mass is 14.7. The first-order valence-corrected chi connectivity index (χ1v) is 5.31. The molecule has 0 radical (unpaired) electrons. The van der Waals surface area contributed by atoms with Gasteiger partial charge in [0.15, 0.2) is 0 Å². The summed E-state index contributed by atoms with van der Waals surface area (Å²) >= 11 is 0. The van der Waals surface area contributed by atoms with E-state index in [1.807, 2.05) is 24.3 Å². The first-order valence-electron chi connectivity index (χ1n) is 5.31. The molecule has 0 fully saturated rings. The maximum absolute atomic E-state index is 7.59. The van der Waals surface area contributed by atoms with Crippen LogP contribution in [0.5, 0.6) is 0 Å². The van der Waals surface area contributed by atoms with Crippen molar-refractivity contribution >= 4 is 17.5 Å². The molecule has 0 saturated heterocycles. The van der Waals surface area contributed by atoms with Gasteiger partial charge >= 0.3 is 0 Å². The fourth-order valence-electron chi connectivity index (χ4n) is 2.41. The van der Waals surface area contributed by atoms with E-state index in [2.05, 4.69) is 24.3 Å².